The molecule has 1 aromatic rings. The molecule has 1 fully saturated rings. The summed E-state index contributed by atoms with van der Waals surface area (Å²) >= 11 is 0. The van der Waals surface area contributed by atoms with Gasteiger partial charge in [-0.3, -0.25) is 9.59 Å². The maximum atomic E-state index is 13.0. The Kier molecular flexibility index (Phi) is 5.43. The molecule has 1 saturated carbocycles. The van der Waals surface area contributed by atoms with Gasteiger partial charge in [0.2, 0.25) is 0 Å². The van der Waals surface area contributed by atoms with Gasteiger partial charge in [-0.25, -0.2) is 8.78 Å². The molecule has 0 spiro atoms. The van der Waals surface area contributed by atoms with Crippen LogP contribution in [0.4, 0.5) is 14.5 Å². The van der Waals surface area contributed by atoms with Crippen molar-refractivity contribution in [1.82, 2.24) is 5.32 Å². The van der Waals surface area contributed by atoms with Crippen molar-refractivity contribution in [2.24, 2.45) is 5.92 Å². The normalized spacial score (nSPS) is 21.2. The fourth-order valence-corrected chi connectivity index (χ4v) is 2.54. The number of nitrogens with one attached hydrogen (secondary N) is 2. The molecule has 5 nitrogen and oxygen atoms in total. The van der Waals surface area contributed by atoms with Gasteiger partial charge in [0.1, 0.15) is 11.6 Å². The second-order valence-electron chi connectivity index (χ2n) is 5.43. The van der Waals surface area contributed by atoms with Gasteiger partial charge in [-0.2, -0.15) is 0 Å². The second-order valence-corrected chi connectivity index (χ2v) is 5.43. The van der Waals surface area contributed by atoms with E-state index in [2.05, 4.69) is 10.6 Å². The molecule has 1 aliphatic rings. The first-order valence-electron chi connectivity index (χ1n) is 7.19. The fraction of sp³-hybridized carbons (Fsp3) is 0.467. The van der Waals surface area contributed by atoms with Crippen LogP contribution in [0.1, 0.15) is 25.7 Å². The Morgan fingerprint density at radius 1 is 1.09 bits per heavy atom. The highest BCUT2D eigenvalue weighted by Gasteiger charge is 2.24. The second kappa shape index (κ2) is 7.31. The van der Waals surface area contributed by atoms with Gasteiger partial charge in [0, 0.05) is 24.2 Å². The number of hydrogen-bond acceptors (Lipinski definition) is 3. The van der Waals surface area contributed by atoms with Crippen LogP contribution >= 0.6 is 0 Å². The number of benzene rings is 1. The van der Waals surface area contributed by atoms with Crippen LogP contribution in [-0.4, -0.2) is 29.6 Å². The molecule has 3 N–H and O–H groups in total. The number of aliphatic hydroxyl groups is 1. The summed E-state index contributed by atoms with van der Waals surface area (Å²) in [6.45, 7) is 0.199. The van der Waals surface area contributed by atoms with Crippen molar-refractivity contribution in [2.45, 2.75) is 31.8 Å². The summed E-state index contributed by atoms with van der Waals surface area (Å²) in [5.41, 5.74) is -0.129. The molecule has 0 saturated heterocycles. The highest BCUT2D eigenvalue weighted by atomic mass is 19.1. The van der Waals surface area contributed by atoms with Gasteiger partial charge in [-0.1, -0.05) is 12.8 Å². The molecule has 1 aromatic carbocycles. The molecule has 0 radical (unpaired) electrons. The van der Waals surface area contributed by atoms with Gasteiger partial charge in [-0.15, -0.1) is 0 Å². The number of halogens is 2. The Balaban J connectivity index is 1.85. The van der Waals surface area contributed by atoms with Crippen LogP contribution < -0.4 is 10.6 Å². The molecule has 120 valence electrons. The Morgan fingerprint density at radius 2 is 1.73 bits per heavy atom. The zero-order chi connectivity index (χ0) is 16.1. The number of carbonyl (C=O) groups excluding carboxylic acids is 2. The van der Waals surface area contributed by atoms with E-state index in [1.54, 1.807) is 0 Å². The Bertz CT molecular complexity index is 545. The molecule has 2 atom stereocenters. The molecule has 0 bridgehead atoms. The lowest BCUT2D eigenvalue weighted by Crippen LogP contribution is -2.41. The summed E-state index contributed by atoms with van der Waals surface area (Å²) in [4.78, 5) is 23.3. The van der Waals surface area contributed by atoms with Crippen molar-refractivity contribution in [2.75, 3.05) is 11.9 Å². The Labute approximate surface area is 126 Å². The van der Waals surface area contributed by atoms with Crippen LogP contribution in [0, 0.1) is 17.6 Å². The summed E-state index contributed by atoms with van der Waals surface area (Å²) < 4.78 is 26.0. The lowest BCUT2D eigenvalue weighted by Gasteiger charge is -2.27. The third kappa shape index (κ3) is 4.49. The third-order valence-corrected chi connectivity index (χ3v) is 3.72. The predicted molar refractivity (Wildman–Crippen MR) is 76.0 cm³/mol. The minimum atomic E-state index is -1.00. The number of amides is 2. The van der Waals surface area contributed by atoms with Gasteiger partial charge in [0.15, 0.2) is 0 Å². The fourth-order valence-electron chi connectivity index (χ4n) is 2.54. The Morgan fingerprint density at radius 3 is 2.36 bits per heavy atom. The molecular formula is C15H18F2N2O3. The van der Waals surface area contributed by atoms with Crippen molar-refractivity contribution < 1.29 is 23.5 Å². The van der Waals surface area contributed by atoms with Gasteiger partial charge in [0.25, 0.3) is 0 Å². The number of anilines is 1. The average molecular weight is 312 g/mol. The Hall–Kier alpha value is -2.02. The number of aliphatic hydroxyl groups excluding tert-OH is 1. The van der Waals surface area contributed by atoms with Crippen LogP contribution in [0.15, 0.2) is 18.2 Å². The average Bonchev–Trinajstić information content (AvgIpc) is 2.45. The predicted octanol–water partition coefficient (Wildman–Crippen LogP) is 1.57. The molecule has 0 aromatic heterocycles. The molecule has 2 amide bonds. The van der Waals surface area contributed by atoms with Crippen LogP contribution in [0.2, 0.25) is 0 Å². The first-order chi connectivity index (χ1) is 10.5. The monoisotopic (exact) mass is 312 g/mol. The van der Waals surface area contributed by atoms with E-state index in [0.717, 1.165) is 31.4 Å². The summed E-state index contributed by atoms with van der Waals surface area (Å²) in [6.07, 6.45) is 2.94. The van der Waals surface area contributed by atoms with Gasteiger partial charge in [0.05, 0.1) is 6.10 Å². The van der Waals surface area contributed by atoms with Crippen LogP contribution in [-0.2, 0) is 9.59 Å². The van der Waals surface area contributed by atoms with E-state index >= 15 is 0 Å². The molecule has 0 heterocycles. The summed E-state index contributed by atoms with van der Waals surface area (Å²) in [5, 5.41) is 14.3. The zero-order valence-corrected chi connectivity index (χ0v) is 11.9. The lowest BCUT2D eigenvalue weighted by atomic mass is 9.86. The molecule has 2 rings (SSSR count). The van der Waals surface area contributed by atoms with E-state index in [1.807, 2.05) is 0 Å². The van der Waals surface area contributed by atoms with E-state index in [4.69, 9.17) is 0 Å². The highest BCUT2D eigenvalue weighted by molar-refractivity contribution is 6.39. The SMILES string of the molecule is O=C(NC[C@H]1CCCC[C@H]1O)C(=O)Nc1cc(F)cc(F)c1. The maximum Gasteiger partial charge on any atom is 0.313 e. The van der Waals surface area contributed by atoms with Crippen molar-refractivity contribution in [3.8, 4) is 0 Å². The third-order valence-electron chi connectivity index (χ3n) is 3.72. The first-order valence-corrected chi connectivity index (χ1v) is 7.19. The van der Waals surface area contributed by atoms with Crippen LogP contribution in [0.5, 0.6) is 0 Å². The van der Waals surface area contributed by atoms with Gasteiger partial charge >= 0.3 is 11.8 Å². The van der Waals surface area contributed by atoms with Crippen molar-refractivity contribution in [3.63, 3.8) is 0 Å². The van der Waals surface area contributed by atoms with E-state index < -0.39 is 29.6 Å². The quantitative estimate of drug-likeness (QED) is 0.741. The number of hydrogen-bond donors (Lipinski definition) is 3. The maximum absolute atomic E-state index is 13.0. The molecule has 0 aliphatic heterocycles. The van der Waals surface area contributed by atoms with E-state index in [9.17, 15) is 23.5 Å². The lowest BCUT2D eigenvalue weighted by molar-refractivity contribution is -0.136. The van der Waals surface area contributed by atoms with E-state index in [0.29, 0.717) is 12.5 Å². The number of carbonyl (C=O) groups is 2. The summed E-state index contributed by atoms with van der Waals surface area (Å²) in [5.74, 6) is -3.67. The number of rotatable bonds is 3. The molecule has 1 aliphatic carbocycles. The molecule has 7 heteroatoms. The van der Waals surface area contributed by atoms with Crippen molar-refractivity contribution >= 4 is 17.5 Å². The molecule has 22 heavy (non-hydrogen) atoms. The summed E-state index contributed by atoms with van der Waals surface area (Å²) in [6, 6.07) is 2.50. The van der Waals surface area contributed by atoms with Gasteiger partial charge < -0.3 is 15.7 Å². The largest absolute Gasteiger partial charge is 0.393 e. The molecular weight excluding hydrogens is 294 g/mol. The van der Waals surface area contributed by atoms with Crippen LogP contribution in [0.3, 0.4) is 0 Å². The van der Waals surface area contributed by atoms with Gasteiger partial charge in [-0.05, 0) is 25.0 Å². The standard InChI is InChI=1S/C15H18F2N2O3/c16-10-5-11(17)7-12(6-10)19-15(22)14(21)18-8-9-3-1-2-4-13(9)20/h5-7,9,13,20H,1-4,8H2,(H,18,21)(H,19,22)/t9-,13-/m1/s1. The van der Waals surface area contributed by atoms with E-state index in [1.165, 1.54) is 0 Å². The summed E-state index contributed by atoms with van der Waals surface area (Å²) in [7, 11) is 0. The minimum absolute atomic E-state index is 0.0721. The highest BCUT2D eigenvalue weighted by Crippen LogP contribution is 2.23. The van der Waals surface area contributed by atoms with Crippen molar-refractivity contribution in [1.29, 1.82) is 0 Å². The van der Waals surface area contributed by atoms with E-state index in [-0.39, 0.29) is 18.2 Å². The first kappa shape index (κ1) is 16.4. The zero-order valence-electron chi connectivity index (χ0n) is 11.9. The topological polar surface area (TPSA) is 78.4 Å². The smallest absolute Gasteiger partial charge is 0.313 e. The van der Waals surface area contributed by atoms with Crippen molar-refractivity contribution in [3.05, 3.63) is 29.8 Å². The minimum Gasteiger partial charge on any atom is -0.393 e. The molecule has 0 unspecified atom stereocenters. The van der Waals surface area contributed by atoms with Crippen LogP contribution in [0.25, 0.3) is 0 Å².